The second-order valence-electron chi connectivity index (χ2n) is 4.71. The fraction of sp³-hybridized carbons (Fsp3) is 0.500. The van der Waals surface area contributed by atoms with Crippen LogP contribution >= 0.6 is 0 Å². The lowest BCUT2D eigenvalue weighted by Crippen LogP contribution is -2.33. The lowest BCUT2D eigenvalue weighted by Gasteiger charge is -2.23. The number of aliphatic carboxylic acids is 1. The number of carboxylic acids is 1. The van der Waals surface area contributed by atoms with Gasteiger partial charge in [-0.1, -0.05) is 30.3 Å². The molecular formula is C14H22N2O2. The molecule has 0 atom stereocenters. The van der Waals surface area contributed by atoms with Gasteiger partial charge in [0.15, 0.2) is 0 Å². The van der Waals surface area contributed by atoms with Gasteiger partial charge in [0, 0.05) is 26.2 Å². The van der Waals surface area contributed by atoms with Crippen LogP contribution in [0, 0.1) is 0 Å². The normalized spacial score (nSPS) is 11.1. The van der Waals surface area contributed by atoms with Crippen molar-refractivity contribution >= 4 is 5.97 Å². The van der Waals surface area contributed by atoms with Gasteiger partial charge in [0.2, 0.25) is 0 Å². The number of hydrogen-bond donors (Lipinski definition) is 1. The SMILES string of the molecule is CN(C)CCN(CCC(=O)O)Cc1ccccc1. The van der Waals surface area contributed by atoms with Crippen molar-refractivity contribution in [2.45, 2.75) is 13.0 Å². The summed E-state index contributed by atoms with van der Waals surface area (Å²) in [6.45, 7) is 3.22. The monoisotopic (exact) mass is 250 g/mol. The number of carbonyl (C=O) groups is 1. The van der Waals surface area contributed by atoms with Gasteiger partial charge < -0.3 is 10.0 Å². The van der Waals surface area contributed by atoms with Crippen LogP contribution in [-0.2, 0) is 11.3 Å². The summed E-state index contributed by atoms with van der Waals surface area (Å²) < 4.78 is 0. The third-order valence-electron chi connectivity index (χ3n) is 2.75. The fourth-order valence-electron chi connectivity index (χ4n) is 1.71. The van der Waals surface area contributed by atoms with Crippen molar-refractivity contribution in [3.8, 4) is 0 Å². The molecule has 1 aromatic carbocycles. The standard InChI is InChI=1S/C14H22N2O2/c1-15(2)10-11-16(9-8-14(17)18)12-13-6-4-3-5-7-13/h3-7H,8-12H2,1-2H3,(H,17,18). The van der Waals surface area contributed by atoms with Gasteiger partial charge in [0.25, 0.3) is 0 Å². The van der Waals surface area contributed by atoms with Gasteiger partial charge in [-0.05, 0) is 19.7 Å². The van der Waals surface area contributed by atoms with E-state index in [-0.39, 0.29) is 6.42 Å². The third kappa shape index (κ3) is 6.37. The summed E-state index contributed by atoms with van der Waals surface area (Å²) in [6, 6.07) is 10.2. The topological polar surface area (TPSA) is 43.8 Å². The molecule has 18 heavy (non-hydrogen) atoms. The number of likely N-dealkylation sites (N-methyl/N-ethyl adjacent to an activating group) is 1. The molecule has 0 aliphatic heterocycles. The summed E-state index contributed by atoms with van der Waals surface area (Å²) in [7, 11) is 4.05. The maximum absolute atomic E-state index is 10.7. The van der Waals surface area contributed by atoms with Crippen LogP contribution in [0.1, 0.15) is 12.0 Å². The maximum Gasteiger partial charge on any atom is 0.304 e. The molecule has 0 aliphatic rings. The van der Waals surface area contributed by atoms with E-state index in [1.54, 1.807) is 0 Å². The van der Waals surface area contributed by atoms with Crippen LogP contribution in [0.5, 0.6) is 0 Å². The second kappa shape index (κ2) is 7.84. The molecule has 0 aromatic heterocycles. The smallest absolute Gasteiger partial charge is 0.304 e. The fourth-order valence-corrected chi connectivity index (χ4v) is 1.71. The quantitative estimate of drug-likeness (QED) is 0.760. The highest BCUT2D eigenvalue weighted by Gasteiger charge is 2.08. The van der Waals surface area contributed by atoms with Crippen molar-refractivity contribution in [1.82, 2.24) is 9.80 Å². The van der Waals surface area contributed by atoms with Crippen LogP contribution < -0.4 is 0 Å². The molecule has 100 valence electrons. The number of benzene rings is 1. The number of nitrogens with zero attached hydrogens (tertiary/aromatic N) is 2. The Balaban J connectivity index is 2.50. The zero-order chi connectivity index (χ0) is 13.4. The van der Waals surface area contributed by atoms with Crippen LogP contribution in [0.15, 0.2) is 30.3 Å². The van der Waals surface area contributed by atoms with E-state index in [1.165, 1.54) is 5.56 Å². The molecule has 0 aliphatic carbocycles. The molecule has 0 saturated carbocycles. The first-order chi connectivity index (χ1) is 8.58. The molecule has 0 amide bonds. The molecule has 0 saturated heterocycles. The largest absolute Gasteiger partial charge is 0.481 e. The van der Waals surface area contributed by atoms with Crippen LogP contribution in [-0.4, -0.2) is 54.6 Å². The Morgan fingerprint density at radius 3 is 2.33 bits per heavy atom. The molecule has 0 radical (unpaired) electrons. The number of carboxylic acid groups (broad SMARTS) is 1. The van der Waals surface area contributed by atoms with Gasteiger partial charge in [0.1, 0.15) is 0 Å². The summed E-state index contributed by atoms with van der Waals surface area (Å²) in [5.41, 5.74) is 1.22. The Morgan fingerprint density at radius 2 is 1.78 bits per heavy atom. The third-order valence-corrected chi connectivity index (χ3v) is 2.75. The van der Waals surface area contributed by atoms with Gasteiger partial charge in [-0.2, -0.15) is 0 Å². The van der Waals surface area contributed by atoms with E-state index in [4.69, 9.17) is 5.11 Å². The number of rotatable bonds is 8. The molecule has 1 N–H and O–H groups in total. The average Bonchev–Trinajstić information content (AvgIpc) is 2.33. The Labute approximate surface area is 109 Å². The summed E-state index contributed by atoms with van der Waals surface area (Å²) in [4.78, 5) is 15.0. The van der Waals surface area contributed by atoms with E-state index in [0.717, 1.165) is 19.6 Å². The van der Waals surface area contributed by atoms with Crippen LogP contribution in [0.3, 0.4) is 0 Å². The molecule has 1 aromatic rings. The first-order valence-corrected chi connectivity index (χ1v) is 6.20. The van der Waals surface area contributed by atoms with Gasteiger partial charge in [0.05, 0.1) is 6.42 Å². The van der Waals surface area contributed by atoms with Crippen molar-refractivity contribution in [3.05, 3.63) is 35.9 Å². The molecule has 1 rings (SSSR count). The second-order valence-corrected chi connectivity index (χ2v) is 4.71. The summed E-state index contributed by atoms with van der Waals surface area (Å²) in [5.74, 6) is -0.738. The summed E-state index contributed by atoms with van der Waals surface area (Å²) in [5, 5.41) is 8.77. The highest BCUT2D eigenvalue weighted by molar-refractivity contribution is 5.66. The molecule has 0 spiro atoms. The van der Waals surface area contributed by atoms with Crippen molar-refractivity contribution in [2.75, 3.05) is 33.7 Å². The Morgan fingerprint density at radius 1 is 1.11 bits per heavy atom. The highest BCUT2D eigenvalue weighted by atomic mass is 16.4. The van der Waals surface area contributed by atoms with Gasteiger partial charge in [-0.3, -0.25) is 9.69 Å². The predicted molar refractivity (Wildman–Crippen MR) is 72.5 cm³/mol. The van der Waals surface area contributed by atoms with Crippen molar-refractivity contribution in [2.24, 2.45) is 0 Å². The van der Waals surface area contributed by atoms with E-state index >= 15 is 0 Å². The first kappa shape index (κ1) is 14.7. The van der Waals surface area contributed by atoms with Crippen LogP contribution in [0.4, 0.5) is 0 Å². The lowest BCUT2D eigenvalue weighted by molar-refractivity contribution is -0.137. The summed E-state index contributed by atoms with van der Waals surface area (Å²) in [6.07, 6.45) is 0.195. The Bertz CT molecular complexity index is 352. The van der Waals surface area contributed by atoms with Gasteiger partial charge >= 0.3 is 5.97 Å². The maximum atomic E-state index is 10.7. The number of hydrogen-bond acceptors (Lipinski definition) is 3. The Hall–Kier alpha value is -1.39. The van der Waals surface area contributed by atoms with E-state index in [9.17, 15) is 4.79 Å². The molecule has 4 heteroatoms. The minimum absolute atomic E-state index is 0.195. The minimum atomic E-state index is -0.738. The van der Waals surface area contributed by atoms with Gasteiger partial charge in [-0.25, -0.2) is 0 Å². The van der Waals surface area contributed by atoms with Crippen molar-refractivity contribution in [1.29, 1.82) is 0 Å². The average molecular weight is 250 g/mol. The lowest BCUT2D eigenvalue weighted by atomic mass is 10.2. The summed E-state index contributed by atoms with van der Waals surface area (Å²) >= 11 is 0. The molecular weight excluding hydrogens is 228 g/mol. The predicted octanol–water partition coefficient (Wildman–Crippen LogP) is 1.52. The van der Waals surface area contributed by atoms with E-state index in [2.05, 4.69) is 21.9 Å². The van der Waals surface area contributed by atoms with E-state index in [1.807, 2.05) is 32.3 Å². The Kier molecular flexibility index (Phi) is 6.39. The molecule has 0 heterocycles. The molecule has 0 unspecified atom stereocenters. The minimum Gasteiger partial charge on any atom is -0.481 e. The zero-order valence-corrected chi connectivity index (χ0v) is 11.2. The zero-order valence-electron chi connectivity index (χ0n) is 11.2. The molecule has 4 nitrogen and oxygen atoms in total. The molecule has 0 bridgehead atoms. The van der Waals surface area contributed by atoms with E-state index in [0.29, 0.717) is 6.54 Å². The first-order valence-electron chi connectivity index (χ1n) is 6.20. The highest BCUT2D eigenvalue weighted by Crippen LogP contribution is 2.05. The molecule has 0 fully saturated rings. The van der Waals surface area contributed by atoms with Gasteiger partial charge in [-0.15, -0.1) is 0 Å². The van der Waals surface area contributed by atoms with E-state index < -0.39 is 5.97 Å². The van der Waals surface area contributed by atoms with Crippen molar-refractivity contribution in [3.63, 3.8) is 0 Å². The van der Waals surface area contributed by atoms with Crippen LogP contribution in [0.25, 0.3) is 0 Å². The van der Waals surface area contributed by atoms with Crippen molar-refractivity contribution < 1.29 is 9.90 Å². The van der Waals surface area contributed by atoms with Crippen LogP contribution in [0.2, 0.25) is 0 Å².